The van der Waals surface area contributed by atoms with Gasteiger partial charge in [0, 0.05) is 30.8 Å². The fourth-order valence-corrected chi connectivity index (χ4v) is 4.08. The van der Waals surface area contributed by atoms with Gasteiger partial charge in [0.05, 0.1) is 7.11 Å². The number of anilines is 2. The van der Waals surface area contributed by atoms with Crippen LogP contribution in [0, 0.1) is 12.8 Å². The third kappa shape index (κ3) is 3.09. The Kier molecular flexibility index (Phi) is 4.93. The first-order valence-corrected chi connectivity index (χ1v) is 9.91. The second-order valence-electron chi connectivity index (χ2n) is 7.65. The Labute approximate surface area is 177 Å². The van der Waals surface area contributed by atoms with Crippen molar-refractivity contribution in [2.24, 2.45) is 13.0 Å². The van der Waals surface area contributed by atoms with Crippen LogP contribution in [0.15, 0.2) is 27.8 Å². The summed E-state index contributed by atoms with van der Waals surface area (Å²) in [4.78, 5) is 44.3. The maximum Gasteiger partial charge on any atom is 0.333 e. The summed E-state index contributed by atoms with van der Waals surface area (Å²) >= 11 is 6.24. The fraction of sp³-hybridized carbons (Fsp3) is 0.400. The van der Waals surface area contributed by atoms with E-state index < -0.39 is 23.8 Å². The predicted molar refractivity (Wildman–Crippen MR) is 114 cm³/mol. The number of halogens is 1. The zero-order chi connectivity index (χ0) is 21.7. The van der Waals surface area contributed by atoms with Gasteiger partial charge in [0.15, 0.2) is 11.2 Å². The molecule has 0 spiro atoms. The first-order valence-electron chi connectivity index (χ1n) is 9.53. The highest BCUT2D eigenvalue weighted by molar-refractivity contribution is 6.30. The number of ether oxygens (including phenoxy) is 1. The number of imidazole rings is 1. The van der Waals surface area contributed by atoms with Gasteiger partial charge < -0.3 is 14.2 Å². The molecule has 9 nitrogen and oxygen atoms in total. The Morgan fingerprint density at radius 1 is 1.30 bits per heavy atom. The van der Waals surface area contributed by atoms with Gasteiger partial charge >= 0.3 is 11.7 Å². The number of nitrogens with zero attached hydrogens (tertiary/aromatic N) is 5. The molecule has 1 aromatic carbocycles. The van der Waals surface area contributed by atoms with Crippen LogP contribution in [0.1, 0.15) is 12.5 Å². The normalized spacial score (nSPS) is 16.0. The first-order chi connectivity index (χ1) is 14.2. The summed E-state index contributed by atoms with van der Waals surface area (Å²) in [5.74, 6) is 0.104. The number of fused-ring (bicyclic) bond motifs is 3. The van der Waals surface area contributed by atoms with Crippen molar-refractivity contribution in [3.8, 4) is 0 Å². The zero-order valence-electron chi connectivity index (χ0n) is 17.2. The highest BCUT2D eigenvalue weighted by atomic mass is 35.5. The molecule has 4 rings (SSSR count). The Balaban J connectivity index is 2.01. The number of aromatic nitrogens is 4. The molecule has 1 aliphatic rings. The molecule has 158 valence electrons. The minimum absolute atomic E-state index is 0.207. The number of carbonyl (C=O) groups is 1. The van der Waals surface area contributed by atoms with Crippen LogP contribution in [0.5, 0.6) is 0 Å². The smallest absolute Gasteiger partial charge is 0.333 e. The number of rotatable bonds is 3. The minimum atomic E-state index is -0.670. The van der Waals surface area contributed by atoms with Crippen molar-refractivity contribution < 1.29 is 9.53 Å². The van der Waals surface area contributed by atoms with Gasteiger partial charge in [0.25, 0.3) is 5.56 Å². The summed E-state index contributed by atoms with van der Waals surface area (Å²) in [6.07, 6.45) is 0. The molecule has 0 amide bonds. The number of aryl methyl sites for hydroxylation is 2. The monoisotopic (exact) mass is 431 g/mol. The maximum atomic E-state index is 13.2. The molecule has 0 saturated carbocycles. The summed E-state index contributed by atoms with van der Waals surface area (Å²) in [6, 6.07) is 5.63. The Hall–Kier alpha value is -3.07. The van der Waals surface area contributed by atoms with Crippen LogP contribution in [0.3, 0.4) is 0 Å². The molecule has 0 unspecified atom stereocenters. The van der Waals surface area contributed by atoms with Gasteiger partial charge in [-0.2, -0.15) is 4.98 Å². The van der Waals surface area contributed by atoms with E-state index in [1.54, 1.807) is 0 Å². The van der Waals surface area contributed by atoms with Crippen LogP contribution in [-0.4, -0.2) is 38.3 Å². The van der Waals surface area contributed by atoms with Gasteiger partial charge in [-0.3, -0.25) is 14.2 Å². The number of hydrogen-bond donors (Lipinski definition) is 0. The molecule has 3 heterocycles. The number of esters is 1. The lowest BCUT2D eigenvalue weighted by molar-refractivity contribution is -0.141. The van der Waals surface area contributed by atoms with Crippen LogP contribution >= 0.6 is 11.6 Å². The summed E-state index contributed by atoms with van der Waals surface area (Å²) in [5, 5.41) is 0.601. The van der Waals surface area contributed by atoms with E-state index in [1.165, 1.54) is 18.7 Å². The van der Waals surface area contributed by atoms with Crippen molar-refractivity contribution in [3.63, 3.8) is 0 Å². The number of carbonyl (C=O) groups excluding carboxylic acids is 1. The lowest BCUT2D eigenvalue weighted by Crippen LogP contribution is -2.42. The molecule has 3 aromatic rings. The van der Waals surface area contributed by atoms with E-state index in [0.29, 0.717) is 24.1 Å². The summed E-state index contributed by atoms with van der Waals surface area (Å²) in [6.45, 7) is 4.86. The van der Waals surface area contributed by atoms with Gasteiger partial charge in [-0.15, -0.1) is 0 Å². The van der Waals surface area contributed by atoms with Crippen LogP contribution < -0.4 is 16.1 Å². The zero-order valence-corrected chi connectivity index (χ0v) is 17.9. The van der Waals surface area contributed by atoms with Crippen molar-refractivity contribution in [1.29, 1.82) is 0 Å². The van der Waals surface area contributed by atoms with Gasteiger partial charge in [0.1, 0.15) is 6.54 Å². The quantitative estimate of drug-likeness (QED) is 0.587. The average Bonchev–Trinajstić information content (AvgIpc) is 3.10. The van der Waals surface area contributed by atoms with Gasteiger partial charge in [-0.1, -0.05) is 24.6 Å². The Morgan fingerprint density at radius 2 is 2.03 bits per heavy atom. The van der Waals surface area contributed by atoms with Crippen molar-refractivity contribution in [2.45, 2.75) is 26.9 Å². The highest BCUT2D eigenvalue weighted by Gasteiger charge is 2.30. The predicted octanol–water partition coefficient (Wildman–Crippen LogP) is 1.82. The molecule has 0 radical (unpaired) electrons. The molecule has 0 N–H and O–H groups in total. The van der Waals surface area contributed by atoms with E-state index in [0.717, 1.165) is 15.8 Å². The van der Waals surface area contributed by atoms with Gasteiger partial charge in [0.2, 0.25) is 5.95 Å². The second kappa shape index (κ2) is 7.32. The van der Waals surface area contributed by atoms with Crippen LogP contribution in [0.25, 0.3) is 11.2 Å². The molecule has 0 fully saturated rings. The number of hydrogen-bond acceptors (Lipinski definition) is 6. The lowest BCUT2D eigenvalue weighted by atomic mass is 10.1. The third-order valence-corrected chi connectivity index (χ3v) is 5.65. The third-order valence-electron chi connectivity index (χ3n) is 5.42. The molecule has 0 saturated heterocycles. The molecule has 10 heteroatoms. The molecular formula is C20H22ClN5O4. The van der Waals surface area contributed by atoms with Crippen LogP contribution in [-0.2, 0) is 29.7 Å². The van der Waals surface area contributed by atoms with Crippen molar-refractivity contribution >= 4 is 40.4 Å². The molecular weight excluding hydrogens is 410 g/mol. The standard InChI is InChI=1S/C20H22ClN5O4/c1-11-8-24(14-7-13(21)6-5-12(14)2)19-22-17-16(25(19)9-11)18(28)26(10-15(27)30-4)20(29)23(17)3/h5-7,11H,8-10H2,1-4H3/t11-/m0/s1. The lowest BCUT2D eigenvalue weighted by Gasteiger charge is -2.33. The first kappa shape index (κ1) is 20.2. The largest absolute Gasteiger partial charge is 0.468 e. The molecule has 1 atom stereocenters. The summed E-state index contributed by atoms with van der Waals surface area (Å²) in [5.41, 5.74) is 1.29. The SMILES string of the molecule is COC(=O)Cn1c(=O)c2c(nc3n2C[C@@H](C)CN3c2cc(Cl)ccc2C)n(C)c1=O. The van der Waals surface area contributed by atoms with E-state index in [2.05, 4.69) is 16.6 Å². The topological polar surface area (TPSA) is 91.4 Å². The molecule has 30 heavy (non-hydrogen) atoms. The van der Waals surface area contributed by atoms with E-state index >= 15 is 0 Å². The minimum Gasteiger partial charge on any atom is -0.468 e. The molecule has 0 bridgehead atoms. The molecule has 1 aliphatic heterocycles. The number of benzene rings is 1. The van der Waals surface area contributed by atoms with Gasteiger partial charge in [-0.25, -0.2) is 9.36 Å². The van der Waals surface area contributed by atoms with Crippen molar-refractivity contribution in [3.05, 3.63) is 49.6 Å². The van der Waals surface area contributed by atoms with Crippen molar-refractivity contribution in [1.82, 2.24) is 18.7 Å². The van der Waals surface area contributed by atoms with E-state index in [-0.39, 0.29) is 17.1 Å². The van der Waals surface area contributed by atoms with Crippen molar-refractivity contribution in [2.75, 3.05) is 18.6 Å². The Bertz CT molecular complexity index is 1290. The number of methoxy groups -OCH3 is 1. The maximum absolute atomic E-state index is 13.2. The van der Waals surface area contributed by atoms with Crippen LogP contribution in [0.4, 0.5) is 11.6 Å². The van der Waals surface area contributed by atoms with E-state index in [4.69, 9.17) is 11.6 Å². The summed E-state index contributed by atoms with van der Waals surface area (Å²) < 4.78 is 8.63. The van der Waals surface area contributed by atoms with Crippen LogP contribution in [0.2, 0.25) is 5.02 Å². The summed E-state index contributed by atoms with van der Waals surface area (Å²) in [7, 11) is 2.75. The average molecular weight is 432 g/mol. The highest BCUT2D eigenvalue weighted by Crippen LogP contribution is 2.35. The Morgan fingerprint density at radius 3 is 2.73 bits per heavy atom. The molecule has 2 aromatic heterocycles. The molecule has 0 aliphatic carbocycles. The van der Waals surface area contributed by atoms with E-state index in [1.807, 2.05) is 34.6 Å². The van der Waals surface area contributed by atoms with Gasteiger partial charge in [-0.05, 0) is 30.5 Å². The fourth-order valence-electron chi connectivity index (χ4n) is 3.91. The second-order valence-corrected chi connectivity index (χ2v) is 8.09. The van der Waals surface area contributed by atoms with E-state index in [9.17, 15) is 14.4 Å².